The van der Waals surface area contributed by atoms with Gasteiger partial charge in [-0.1, -0.05) is 18.2 Å². The van der Waals surface area contributed by atoms with Crippen molar-refractivity contribution < 1.29 is 9.59 Å². The average molecular weight is 324 g/mol. The maximum Gasteiger partial charge on any atom is 0.252 e. The van der Waals surface area contributed by atoms with Gasteiger partial charge in [0, 0.05) is 11.6 Å². The molecule has 1 atom stereocenters. The van der Waals surface area contributed by atoms with Crippen LogP contribution in [0.4, 0.5) is 0 Å². The third kappa shape index (κ3) is 4.37. The molecule has 6 nitrogen and oxygen atoms in total. The maximum atomic E-state index is 11.7. The number of likely N-dealkylation sites (tertiary alicyclic amines) is 1. The van der Waals surface area contributed by atoms with Gasteiger partial charge in [-0.05, 0) is 38.6 Å². The number of nitrogens with zero attached hydrogens (tertiary/aromatic N) is 3. The molecule has 2 aromatic rings. The molecule has 124 valence electrons. The van der Waals surface area contributed by atoms with Crippen molar-refractivity contribution in [1.29, 1.82) is 5.26 Å². The number of carbonyl (C=O) groups excluding carboxylic acids is 2. The summed E-state index contributed by atoms with van der Waals surface area (Å²) in [6.07, 6.45) is 4.49. The normalized spacial score (nSPS) is 16.8. The highest BCUT2D eigenvalue weighted by molar-refractivity contribution is 6.06. The van der Waals surface area contributed by atoms with Gasteiger partial charge >= 0.3 is 0 Å². The van der Waals surface area contributed by atoms with Gasteiger partial charge in [-0.3, -0.25) is 14.7 Å². The molecule has 3 rings (SSSR count). The van der Waals surface area contributed by atoms with Crippen LogP contribution in [0.3, 0.4) is 0 Å². The molecule has 1 aromatic heterocycles. The summed E-state index contributed by atoms with van der Waals surface area (Å²) in [7, 11) is 2.00. The standard InChI is InChI=1S/C12H10N2O2.C6H10N2/c15-8-7-14-12(16)10-5-6-13-11-4-2-1-3-9(10)11;1-8-4-2-3-6(8)5-7/h1-6,8H,7H2,(H,14,16);6H,2-4H2,1H3. The Morgan fingerprint density at radius 2 is 2.25 bits per heavy atom. The molecule has 1 aliphatic heterocycles. The van der Waals surface area contributed by atoms with Gasteiger partial charge in [0.1, 0.15) is 6.29 Å². The van der Waals surface area contributed by atoms with Crippen LogP contribution in [-0.2, 0) is 4.79 Å². The van der Waals surface area contributed by atoms with Gasteiger partial charge in [-0.2, -0.15) is 5.26 Å². The SMILES string of the molecule is CN1CCCC1C#N.O=CCNC(=O)c1ccnc2ccccc12. The van der Waals surface area contributed by atoms with Crippen LogP contribution in [0.5, 0.6) is 0 Å². The summed E-state index contributed by atoms with van der Waals surface area (Å²) in [6.45, 7) is 1.12. The van der Waals surface area contributed by atoms with Crippen molar-refractivity contribution in [2.24, 2.45) is 0 Å². The first-order valence-corrected chi connectivity index (χ1v) is 7.82. The zero-order valence-electron chi connectivity index (χ0n) is 13.6. The van der Waals surface area contributed by atoms with Gasteiger partial charge in [0.25, 0.3) is 5.91 Å². The van der Waals surface area contributed by atoms with Crippen molar-refractivity contribution in [2.45, 2.75) is 18.9 Å². The quantitative estimate of drug-likeness (QED) is 0.870. The van der Waals surface area contributed by atoms with E-state index in [1.54, 1.807) is 12.3 Å². The average Bonchev–Trinajstić information content (AvgIpc) is 3.04. The molecule has 1 N–H and O–H groups in total. The second-order valence-corrected chi connectivity index (χ2v) is 5.52. The van der Waals surface area contributed by atoms with Gasteiger partial charge < -0.3 is 10.1 Å². The second-order valence-electron chi connectivity index (χ2n) is 5.52. The number of amides is 1. The number of fused-ring (bicyclic) bond motifs is 1. The smallest absolute Gasteiger partial charge is 0.252 e. The summed E-state index contributed by atoms with van der Waals surface area (Å²) in [5, 5.41) is 11.7. The molecule has 1 saturated heterocycles. The van der Waals surface area contributed by atoms with E-state index in [-0.39, 0.29) is 18.5 Å². The molecular formula is C18H20N4O2. The van der Waals surface area contributed by atoms with Crippen molar-refractivity contribution in [3.63, 3.8) is 0 Å². The molecular weight excluding hydrogens is 304 g/mol. The van der Waals surface area contributed by atoms with E-state index in [0.29, 0.717) is 11.8 Å². The Bertz CT molecular complexity index is 749. The number of aromatic nitrogens is 1. The summed E-state index contributed by atoms with van der Waals surface area (Å²) in [6, 6.07) is 11.5. The number of pyridine rings is 1. The molecule has 1 unspecified atom stereocenters. The van der Waals surface area contributed by atoms with Gasteiger partial charge in [0.05, 0.1) is 29.7 Å². The number of para-hydroxylation sites is 1. The van der Waals surface area contributed by atoms with Crippen LogP contribution < -0.4 is 5.32 Å². The van der Waals surface area contributed by atoms with Gasteiger partial charge in [-0.25, -0.2) is 0 Å². The maximum absolute atomic E-state index is 11.7. The van der Waals surface area contributed by atoms with Crippen LogP contribution in [0.15, 0.2) is 36.5 Å². The minimum atomic E-state index is -0.259. The van der Waals surface area contributed by atoms with Gasteiger partial charge in [-0.15, -0.1) is 0 Å². The fourth-order valence-electron chi connectivity index (χ4n) is 2.60. The molecule has 1 fully saturated rings. The minimum Gasteiger partial charge on any atom is -0.345 e. The van der Waals surface area contributed by atoms with Gasteiger partial charge in [0.2, 0.25) is 0 Å². The van der Waals surface area contributed by atoms with E-state index >= 15 is 0 Å². The Morgan fingerprint density at radius 1 is 1.46 bits per heavy atom. The molecule has 0 radical (unpaired) electrons. The van der Waals surface area contributed by atoms with Crippen molar-refractivity contribution in [3.8, 4) is 6.07 Å². The van der Waals surface area contributed by atoms with E-state index in [9.17, 15) is 9.59 Å². The van der Waals surface area contributed by atoms with Crippen molar-refractivity contribution in [1.82, 2.24) is 15.2 Å². The third-order valence-corrected chi connectivity index (χ3v) is 3.91. The van der Waals surface area contributed by atoms with Crippen molar-refractivity contribution in [2.75, 3.05) is 20.1 Å². The predicted molar refractivity (Wildman–Crippen MR) is 91.4 cm³/mol. The molecule has 1 amide bonds. The summed E-state index contributed by atoms with van der Waals surface area (Å²) >= 11 is 0. The number of benzene rings is 1. The van der Waals surface area contributed by atoms with Crippen LogP contribution in [0.2, 0.25) is 0 Å². The first kappa shape index (κ1) is 17.6. The number of nitrogens with one attached hydrogen (secondary N) is 1. The molecule has 0 spiro atoms. The molecule has 24 heavy (non-hydrogen) atoms. The van der Waals surface area contributed by atoms with E-state index in [4.69, 9.17) is 5.26 Å². The molecule has 0 saturated carbocycles. The molecule has 1 aromatic carbocycles. The summed E-state index contributed by atoms with van der Waals surface area (Å²) in [5.74, 6) is -0.259. The van der Waals surface area contributed by atoms with E-state index in [1.807, 2.05) is 31.3 Å². The molecule has 1 aliphatic rings. The van der Waals surface area contributed by atoms with Crippen molar-refractivity contribution >= 4 is 23.1 Å². The van der Waals surface area contributed by atoms with E-state index < -0.39 is 0 Å². The first-order valence-electron chi connectivity index (χ1n) is 7.82. The predicted octanol–water partition coefficient (Wildman–Crippen LogP) is 1.77. The van der Waals surface area contributed by atoms with Crippen LogP contribution in [0.1, 0.15) is 23.2 Å². The zero-order valence-corrected chi connectivity index (χ0v) is 13.6. The topological polar surface area (TPSA) is 86.1 Å². The fourth-order valence-corrected chi connectivity index (χ4v) is 2.60. The Labute approximate surface area is 141 Å². The van der Waals surface area contributed by atoms with Crippen LogP contribution in [-0.4, -0.2) is 48.3 Å². The molecule has 0 bridgehead atoms. The molecule has 0 aliphatic carbocycles. The Morgan fingerprint density at radius 3 is 2.88 bits per heavy atom. The number of hydrogen-bond acceptors (Lipinski definition) is 5. The summed E-state index contributed by atoms with van der Waals surface area (Å²) < 4.78 is 0. The monoisotopic (exact) mass is 324 g/mol. The molecule has 6 heteroatoms. The van der Waals surface area contributed by atoms with E-state index in [0.717, 1.165) is 23.9 Å². The van der Waals surface area contributed by atoms with Crippen LogP contribution in [0.25, 0.3) is 10.9 Å². The van der Waals surface area contributed by atoms with E-state index in [2.05, 4.69) is 21.3 Å². The number of rotatable bonds is 3. The van der Waals surface area contributed by atoms with Crippen LogP contribution in [0, 0.1) is 11.3 Å². The zero-order chi connectivity index (χ0) is 17.4. The highest BCUT2D eigenvalue weighted by Gasteiger charge is 2.19. The third-order valence-electron chi connectivity index (χ3n) is 3.91. The first-order chi connectivity index (χ1) is 11.7. The lowest BCUT2D eigenvalue weighted by Gasteiger charge is -2.09. The number of hydrogen-bond donors (Lipinski definition) is 1. The Kier molecular flexibility index (Phi) is 6.41. The number of nitriles is 1. The lowest BCUT2D eigenvalue weighted by molar-refractivity contribution is -0.107. The summed E-state index contributed by atoms with van der Waals surface area (Å²) in [4.78, 5) is 28.1. The lowest BCUT2D eigenvalue weighted by atomic mass is 10.1. The summed E-state index contributed by atoms with van der Waals surface area (Å²) in [5.41, 5.74) is 1.30. The van der Waals surface area contributed by atoms with E-state index in [1.165, 1.54) is 6.42 Å². The lowest BCUT2D eigenvalue weighted by Crippen LogP contribution is -2.25. The number of aldehydes is 1. The van der Waals surface area contributed by atoms with Crippen molar-refractivity contribution in [3.05, 3.63) is 42.1 Å². The fraction of sp³-hybridized carbons (Fsp3) is 0.333. The van der Waals surface area contributed by atoms with Crippen LogP contribution >= 0.6 is 0 Å². The largest absolute Gasteiger partial charge is 0.345 e. The Balaban J connectivity index is 0.000000219. The molecule has 2 heterocycles. The highest BCUT2D eigenvalue weighted by atomic mass is 16.2. The van der Waals surface area contributed by atoms with Gasteiger partial charge in [0.15, 0.2) is 0 Å². The minimum absolute atomic E-state index is 0.0233. The Hall–Kier alpha value is -2.78. The number of carbonyl (C=O) groups is 2. The highest BCUT2D eigenvalue weighted by Crippen LogP contribution is 2.15. The second kappa shape index (κ2) is 8.75.